The van der Waals surface area contributed by atoms with E-state index in [0.29, 0.717) is 6.04 Å². The van der Waals surface area contributed by atoms with Crippen LogP contribution in [0.2, 0.25) is 18.1 Å². The topological polar surface area (TPSA) is 39.1 Å². The van der Waals surface area contributed by atoms with E-state index in [4.69, 9.17) is 4.43 Å². The van der Waals surface area contributed by atoms with Crippen LogP contribution in [0, 0.1) is 0 Å². The maximum atomic E-state index is 6.32. The van der Waals surface area contributed by atoms with Gasteiger partial charge in [0, 0.05) is 18.9 Å². The molecule has 0 aliphatic carbocycles. The number of anilines is 1. The van der Waals surface area contributed by atoms with Crippen LogP contribution in [0.15, 0.2) is 12.4 Å². The molecule has 0 radical (unpaired) electrons. The zero-order valence-electron chi connectivity index (χ0n) is 12.2. The van der Waals surface area contributed by atoms with Crippen LogP contribution in [0.25, 0.3) is 0 Å². The first-order valence-corrected chi connectivity index (χ1v) is 9.63. The Morgan fingerprint density at radius 3 is 2.89 bits per heavy atom. The molecule has 0 saturated heterocycles. The van der Waals surface area contributed by atoms with E-state index in [0.717, 1.165) is 25.5 Å². The van der Waals surface area contributed by atoms with Gasteiger partial charge in [-0.05, 0) is 24.6 Å². The number of rotatable bonds is 3. The Bertz CT molecular complexity index is 409. The molecule has 4 nitrogen and oxygen atoms in total. The van der Waals surface area contributed by atoms with Gasteiger partial charge < -0.3 is 14.3 Å². The van der Waals surface area contributed by atoms with Gasteiger partial charge in [0.2, 0.25) is 5.95 Å². The second-order valence-electron chi connectivity index (χ2n) is 6.60. The molecule has 0 fully saturated rings. The average molecular weight is 267 g/mol. The molecule has 0 saturated carbocycles. The molecule has 102 valence electrons. The predicted octanol–water partition coefficient (Wildman–Crippen LogP) is 3.26. The molecule has 1 N–H and O–H groups in total. The van der Waals surface area contributed by atoms with Crippen molar-refractivity contribution in [1.29, 1.82) is 0 Å². The van der Waals surface area contributed by atoms with Crippen molar-refractivity contribution < 1.29 is 4.43 Å². The van der Waals surface area contributed by atoms with E-state index in [9.17, 15) is 0 Å². The molecule has 1 aliphatic rings. The van der Waals surface area contributed by atoms with Crippen molar-refractivity contribution in [2.45, 2.75) is 51.4 Å². The first-order chi connectivity index (χ1) is 8.31. The smallest absolute Gasteiger partial charge is 0.203 e. The van der Waals surface area contributed by atoms with Crippen LogP contribution in [0.5, 0.6) is 0 Å². The van der Waals surface area contributed by atoms with E-state index in [1.54, 1.807) is 0 Å². The molecule has 2 rings (SSSR count). The lowest BCUT2D eigenvalue weighted by Gasteiger charge is -2.38. The molecule has 0 amide bonds. The van der Waals surface area contributed by atoms with Crippen LogP contribution in [-0.4, -0.2) is 31.0 Å². The zero-order chi connectivity index (χ0) is 13.4. The summed E-state index contributed by atoms with van der Waals surface area (Å²) in [7, 11) is -1.64. The van der Waals surface area contributed by atoms with Crippen molar-refractivity contribution in [2.24, 2.45) is 0 Å². The Kier molecular flexibility index (Phi) is 3.55. The number of aromatic nitrogens is 2. The van der Waals surface area contributed by atoms with Crippen molar-refractivity contribution in [2.75, 3.05) is 18.5 Å². The Hall–Kier alpha value is -0.813. The highest BCUT2D eigenvalue weighted by atomic mass is 28.4. The lowest BCUT2D eigenvalue weighted by Crippen LogP contribution is -2.42. The summed E-state index contributed by atoms with van der Waals surface area (Å²) in [6.45, 7) is 13.3. The van der Waals surface area contributed by atoms with Crippen LogP contribution in [-0.2, 0) is 4.43 Å². The third-order valence-corrected chi connectivity index (χ3v) is 8.77. The largest absolute Gasteiger partial charge is 0.415 e. The number of nitrogens with one attached hydrogen (secondary N) is 1. The van der Waals surface area contributed by atoms with Gasteiger partial charge in [0.05, 0.1) is 12.6 Å². The Morgan fingerprint density at radius 2 is 2.22 bits per heavy atom. The van der Waals surface area contributed by atoms with Gasteiger partial charge in [-0.2, -0.15) is 0 Å². The summed E-state index contributed by atoms with van der Waals surface area (Å²) in [5, 5.41) is 3.58. The molecule has 1 aromatic heterocycles. The van der Waals surface area contributed by atoms with Gasteiger partial charge in [0.15, 0.2) is 8.32 Å². The molecule has 5 heteroatoms. The van der Waals surface area contributed by atoms with Crippen LogP contribution in [0.1, 0.15) is 33.2 Å². The van der Waals surface area contributed by atoms with E-state index < -0.39 is 8.32 Å². The standard InChI is InChI=1S/C13H25N3OSi/c1-13(2,3)18(4,5)17-10-11-6-7-14-12-15-8-9-16(11)12/h8-9,11H,6-7,10H2,1-5H3,(H,14,15)/t11-/m1/s1. The van der Waals surface area contributed by atoms with E-state index in [2.05, 4.69) is 48.7 Å². The molecule has 0 unspecified atom stereocenters. The van der Waals surface area contributed by atoms with E-state index in [1.165, 1.54) is 0 Å². The summed E-state index contributed by atoms with van der Waals surface area (Å²) in [5.74, 6) is 0.977. The maximum Gasteiger partial charge on any atom is 0.203 e. The van der Waals surface area contributed by atoms with Gasteiger partial charge in [-0.15, -0.1) is 0 Å². The lowest BCUT2D eigenvalue weighted by atomic mass is 10.2. The molecule has 1 aliphatic heterocycles. The molecule has 18 heavy (non-hydrogen) atoms. The normalized spacial score (nSPS) is 20.4. The fourth-order valence-electron chi connectivity index (χ4n) is 1.92. The number of imidazole rings is 1. The van der Waals surface area contributed by atoms with Crippen molar-refractivity contribution >= 4 is 14.3 Å². The molecule has 0 spiro atoms. The molecular formula is C13H25N3OSi. The second kappa shape index (κ2) is 4.70. The minimum Gasteiger partial charge on any atom is -0.415 e. The monoisotopic (exact) mass is 267 g/mol. The molecule has 1 aromatic rings. The summed E-state index contributed by atoms with van der Waals surface area (Å²) in [4.78, 5) is 4.31. The Morgan fingerprint density at radius 1 is 1.50 bits per heavy atom. The van der Waals surface area contributed by atoms with E-state index in [1.807, 2.05) is 12.4 Å². The lowest BCUT2D eigenvalue weighted by molar-refractivity contribution is 0.221. The van der Waals surface area contributed by atoms with Gasteiger partial charge in [0.1, 0.15) is 0 Å². The van der Waals surface area contributed by atoms with Crippen LogP contribution in [0.4, 0.5) is 5.95 Å². The number of hydrogen-bond donors (Lipinski definition) is 1. The van der Waals surface area contributed by atoms with Crippen LogP contribution in [0.3, 0.4) is 0 Å². The average Bonchev–Trinajstić information content (AvgIpc) is 2.73. The first-order valence-electron chi connectivity index (χ1n) is 6.72. The Balaban J connectivity index is 2.01. The number of hydrogen-bond acceptors (Lipinski definition) is 3. The van der Waals surface area contributed by atoms with Crippen molar-refractivity contribution in [3.05, 3.63) is 12.4 Å². The van der Waals surface area contributed by atoms with Crippen molar-refractivity contribution in [3.8, 4) is 0 Å². The van der Waals surface area contributed by atoms with E-state index in [-0.39, 0.29) is 5.04 Å². The fourth-order valence-corrected chi connectivity index (χ4v) is 2.96. The number of fused-ring (bicyclic) bond motifs is 1. The first kappa shape index (κ1) is 13.6. The summed E-state index contributed by atoms with van der Waals surface area (Å²) in [6, 6.07) is 0.429. The van der Waals surface area contributed by atoms with Gasteiger partial charge in [-0.25, -0.2) is 4.98 Å². The summed E-state index contributed by atoms with van der Waals surface area (Å²) >= 11 is 0. The summed E-state index contributed by atoms with van der Waals surface area (Å²) in [5.41, 5.74) is 0. The molecule has 0 aromatic carbocycles. The quantitative estimate of drug-likeness (QED) is 0.854. The van der Waals surface area contributed by atoms with Gasteiger partial charge in [-0.3, -0.25) is 0 Å². The minimum atomic E-state index is -1.64. The van der Waals surface area contributed by atoms with Crippen molar-refractivity contribution in [1.82, 2.24) is 9.55 Å². The predicted molar refractivity (Wildman–Crippen MR) is 77.5 cm³/mol. The minimum absolute atomic E-state index is 0.275. The highest BCUT2D eigenvalue weighted by molar-refractivity contribution is 6.74. The fraction of sp³-hybridized carbons (Fsp3) is 0.769. The third kappa shape index (κ3) is 2.62. The van der Waals surface area contributed by atoms with E-state index >= 15 is 0 Å². The van der Waals surface area contributed by atoms with Crippen LogP contribution >= 0.6 is 0 Å². The zero-order valence-corrected chi connectivity index (χ0v) is 13.2. The number of nitrogens with zero attached hydrogens (tertiary/aromatic N) is 2. The van der Waals surface area contributed by atoms with Crippen molar-refractivity contribution in [3.63, 3.8) is 0 Å². The second-order valence-corrected chi connectivity index (χ2v) is 11.4. The maximum absolute atomic E-state index is 6.32. The molecule has 2 heterocycles. The third-order valence-electron chi connectivity index (χ3n) is 4.27. The highest BCUT2D eigenvalue weighted by Crippen LogP contribution is 2.37. The molecule has 0 bridgehead atoms. The molecular weight excluding hydrogens is 242 g/mol. The highest BCUT2D eigenvalue weighted by Gasteiger charge is 2.38. The molecule has 1 atom stereocenters. The van der Waals surface area contributed by atoms with Crippen LogP contribution < -0.4 is 5.32 Å². The summed E-state index contributed by atoms with van der Waals surface area (Å²) < 4.78 is 8.53. The van der Waals surface area contributed by atoms with Gasteiger partial charge in [-0.1, -0.05) is 20.8 Å². The Labute approximate surface area is 111 Å². The SMILES string of the molecule is CC(C)(C)[Si](C)(C)OC[C@H]1CCNc2nccn21. The van der Waals surface area contributed by atoms with Gasteiger partial charge >= 0.3 is 0 Å². The van der Waals surface area contributed by atoms with Gasteiger partial charge in [0.25, 0.3) is 0 Å². The summed E-state index contributed by atoms with van der Waals surface area (Å²) in [6.07, 6.45) is 5.01.